The molecule has 0 atom stereocenters. The fourth-order valence-electron chi connectivity index (χ4n) is 0.546. The van der Waals surface area contributed by atoms with Gasteiger partial charge in [-0.15, -0.1) is 10.2 Å². The maximum atomic E-state index is 10.5. The SMILES string of the molecule is NC(=O)N1C=NNN1C(N)=O. The van der Waals surface area contributed by atoms with E-state index in [1.807, 2.05) is 0 Å². The number of primary amides is 2. The van der Waals surface area contributed by atoms with Crippen molar-refractivity contribution in [1.82, 2.24) is 15.7 Å². The minimum Gasteiger partial charge on any atom is -0.350 e. The molecule has 8 heteroatoms. The molecule has 1 aliphatic rings. The van der Waals surface area contributed by atoms with Gasteiger partial charge >= 0.3 is 12.1 Å². The van der Waals surface area contributed by atoms with Gasteiger partial charge in [-0.2, -0.15) is 10.5 Å². The average molecular weight is 158 g/mol. The van der Waals surface area contributed by atoms with E-state index < -0.39 is 12.1 Å². The number of carbonyl (C=O) groups is 2. The summed E-state index contributed by atoms with van der Waals surface area (Å²) in [5.41, 5.74) is 11.8. The molecule has 8 nitrogen and oxygen atoms in total. The molecule has 0 aromatic rings. The number of hydrazine groups is 2. The van der Waals surface area contributed by atoms with Crippen molar-refractivity contribution in [3.63, 3.8) is 0 Å². The Balaban J connectivity index is 2.71. The lowest BCUT2D eigenvalue weighted by molar-refractivity contribution is 0.0886. The Hall–Kier alpha value is -1.99. The first kappa shape index (κ1) is 7.12. The Morgan fingerprint density at radius 1 is 1.36 bits per heavy atom. The van der Waals surface area contributed by atoms with Crippen LogP contribution in [0.15, 0.2) is 5.10 Å². The molecule has 0 saturated heterocycles. The van der Waals surface area contributed by atoms with Crippen molar-refractivity contribution in [2.45, 2.75) is 0 Å². The topological polar surface area (TPSA) is 117 Å². The fourth-order valence-corrected chi connectivity index (χ4v) is 0.546. The van der Waals surface area contributed by atoms with Crippen molar-refractivity contribution in [3.8, 4) is 0 Å². The summed E-state index contributed by atoms with van der Waals surface area (Å²) in [5, 5.41) is 4.77. The summed E-state index contributed by atoms with van der Waals surface area (Å²) in [6.07, 6.45) is 1.03. The van der Waals surface area contributed by atoms with Gasteiger partial charge in [0, 0.05) is 0 Å². The summed E-state index contributed by atoms with van der Waals surface area (Å²) >= 11 is 0. The molecule has 0 aromatic heterocycles. The van der Waals surface area contributed by atoms with Crippen LogP contribution in [0.4, 0.5) is 9.59 Å². The summed E-state index contributed by atoms with van der Waals surface area (Å²) < 4.78 is 0. The summed E-state index contributed by atoms with van der Waals surface area (Å²) in [6, 6.07) is -1.72. The fraction of sp³-hybridized carbons (Fsp3) is 0. The monoisotopic (exact) mass is 158 g/mol. The predicted octanol–water partition coefficient (Wildman–Crippen LogP) is -1.88. The van der Waals surface area contributed by atoms with Gasteiger partial charge in [0.1, 0.15) is 6.34 Å². The van der Waals surface area contributed by atoms with E-state index in [0.717, 1.165) is 11.3 Å². The summed E-state index contributed by atoms with van der Waals surface area (Å²) in [5.74, 6) is 0. The number of rotatable bonds is 0. The highest BCUT2D eigenvalue weighted by atomic mass is 16.2. The molecule has 0 unspecified atom stereocenters. The third-order valence-electron chi connectivity index (χ3n) is 0.970. The summed E-state index contributed by atoms with van der Waals surface area (Å²) in [4.78, 5) is 21.0. The van der Waals surface area contributed by atoms with Gasteiger partial charge in [0.25, 0.3) is 0 Å². The van der Waals surface area contributed by atoms with Crippen LogP contribution in [0.3, 0.4) is 0 Å². The van der Waals surface area contributed by atoms with E-state index in [4.69, 9.17) is 11.5 Å². The van der Waals surface area contributed by atoms with Crippen molar-refractivity contribution in [1.29, 1.82) is 0 Å². The van der Waals surface area contributed by atoms with Gasteiger partial charge in [0.05, 0.1) is 0 Å². The van der Waals surface area contributed by atoms with E-state index in [2.05, 4.69) is 10.6 Å². The minimum absolute atomic E-state index is 0.669. The number of carbonyl (C=O) groups excluding carboxylic acids is 2. The molecule has 11 heavy (non-hydrogen) atoms. The number of amides is 4. The molecule has 1 heterocycles. The Morgan fingerprint density at radius 3 is 2.36 bits per heavy atom. The molecule has 0 aliphatic carbocycles. The van der Waals surface area contributed by atoms with Gasteiger partial charge < -0.3 is 11.5 Å². The molecule has 0 saturated carbocycles. The number of nitrogens with two attached hydrogens (primary N) is 2. The Kier molecular flexibility index (Phi) is 1.51. The van der Waals surface area contributed by atoms with Gasteiger partial charge in [0.15, 0.2) is 0 Å². The van der Waals surface area contributed by atoms with Crippen molar-refractivity contribution in [2.75, 3.05) is 0 Å². The van der Waals surface area contributed by atoms with Crippen LogP contribution in [0.1, 0.15) is 0 Å². The highest BCUT2D eigenvalue weighted by molar-refractivity contribution is 5.88. The van der Waals surface area contributed by atoms with Gasteiger partial charge in [-0.05, 0) is 0 Å². The molecule has 5 N–H and O–H groups in total. The quantitative estimate of drug-likeness (QED) is 0.383. The largest absolute Gasteiger partial charge is 0.355 e. The standard InChI is InChI=1S/C3H6N6O2/c4-2(10)8-1-6-7-9(8)3(5)11/h1,7H,(H2,4,10)(H2,5,11). The van der Waals surface area contributed by atoms with Crippen LogP contribution in [0, 0.1) is 0 Å². The number of urea groups is 2. The van der Waals surface area contributed by atoms with Crippen LogP contribution in [-0.2, 0) is 0 Å². The highest BCUT2D eigenvalue weighted by Crippen LogP contribution is 1.95. The molecule has 1 rings (SSSR count). The summed E-state index contributed by atoms with van der Waals surface area (Å²) in [7, 11) is 0. The number of hydrazone groups is 1. The number of nitrogens with one attached hydrogen (secondary N) is 1. The van der Waals surface area contributed by atoms with Crippen LogP contribution in [-0.4, -0.2) is 28.5 Å². The third-order valence-corrected chi connectivity index (χ3v) is 0.970. The second-order valence-electron chi connectivity index (χ2n) is 1.68. The molecule has 0 aromatic carbocycles. The average Bonchev–Trinajstić information content (AvgIpc) is 2.32. The van der Waals surface area contributed by atoms with Crippen molar-refractivity contribution in [3.05, 3.63) is 0 Å². The van der Waals surface area contributed by atoms with E-state index in [9.17, 15) is 9.59 Å². The zero-order valence-corrected chi connectivity index (χ0v) is 5.39. The molecule has 0 radical (unpaired) electrons. The maximum Gasteiger partial charge on any atom is 0.355 e. The first-order chi connectivity index (χ1) is 5.13. The molecule has 4 amide bonds. The Labute approximate surface area is 61.3 Å². The van der Waals surface area contributed by atoms with E-state index in [0.29, 0.717) is 5.12 Å². The zero-order valence-electron chi connectivity index (χ0n) is 5.39. The zero-order chi connectivity index (χ0) is 8.43. The first-order valence-corrected chi connectivity index (χ1v) is 2.60. The maximum absolute atomic E-state index is 10.5. The molecule has 0 spiro atoms. The molecule has 0 bridgehead atoms. The molecular weight excluding hydrogens is 152 g/mol. The molecular formula is C3H6N6O2. The van der Waals surface area contributed by atoms with Gasteiger partial charge in [-0.3, -0.25) is 0 Å². The highest BCUT2D eigenvalue weighted by Gasteiger charge is 2.24. The number of hydrogen-bond acceptors (Lipinski definition) is 4. The predicted molar refractivity (Wildman–Crippen MR) is 34.5 cm³/mol. The molecule has 60 valence electrons. The van der Waals surface area contributed by atoms with Gasteiger partial charge in [0.2, 0.25) is 0 Å². The first-order valence-electron chi connectivity index (χ1n) is 2.60. The second-order valence-corrected chi connectivity index (χ2v) is 1.68. The Morgan fingerprint density at radius 2 is 2.00 bits per heavy atom. The minimum atomic E-state index is -0.874. The number of hydrogen-bond donors (Lipinski definition) is 3. The van der Waals surface area contributed by atoms with Crippen LogP contribution in [0.5, 0.6) is 0 Å². The van der Waals surface area contributed by atoms with Crippen molar-refractivity contribution in [2.24, 2.45) is 16.6 Å². The lowest BCUT2D eigenvalue weighted by atomic mass is 10.9. The normalized spacial score (nSPS) is 14.9. The van der Waals surface area contributed by atoms with Crippen LogP contribution in [0.2, 0.25) is 0 Å². The lowest BCUT2D eigenvalue weighted by Crippen LogP contribution is -2.53. The molecule has 0 fully saturated rings. The second kappa shape index (κ2) is 2.33. The molecule has 1 aliphatic heterocycles. The smallest absolute Gasteiger partial charge is 0.350 e. The van der Waals surface area contributed by atoms with Gasteiger partial charge in [-0.25, -0.2) is 9.59 Å². The van der Waals surface area contributed by atoms with E-state index in [1.54, 1.807) is 0 Å². The summed E-state index contributed by atoms with van der Waals surface area (Å²) in [6.45, 7) is 0. The van der Waals surface area contributed by atoms with E-state index in [1.165, 1.54) is 0 Å². The van der Waals surface area contributed by atoms with Gasteiger partial charge in [-0.1, -0.05) is 0 Å². The van der Waals surface area contributed by atoms with Crippen LogP contribution < -0.4 is 17.0 Å². The van der Waals surface area contributed by atoms with Crippen LogP contribution in [0.25, 0.3) is 0 Å². The van der Waals surface area contributed by atoms with E-state index in [-0.39, 0.29) is 0 Å². The Bertz CT molecular complexity index is 224. The lowest BCUT2D eigenvalue weighted by Gasteiger charge is -2.19. The third kappa shape index (κ3) is 1.13. The van der Waals surface area contributed by atoms with Crippen LogP contribution >= 0.6 is 0 Å². The number of nitrogens with zero attached hydrogens (tertiary/aromatic N) is 3. The van der Waals surface area contributed by atoms with E-state index >= 15 is 0 Å². The van der Waals surface area contributed by atoms with Crippen molar-refractivity contribution < 1.29 is 9.59 Å². The van der Waals surface area contributed by atoms with Crippen molar-refractivity contribution >= 4 is 18.4 Å².